The molecule has 0 aromatic heterocycles. The van der Waals surface area contributed by atoms with E-state index in [-0.39, 0.29) is 30.9 Å². The number of carbonyl (C=O) groups is 3. The topological polar surface area (TPSA) is 79.4 Å². The van der Waals surface area contributed by atoms with Crippen LogP contribution in [0.2, 0.25) is 0 Å². The molecule has 0 spiro atoms. The number of morpholine rings is 1. The first-order valence-corrected chi connectivity index (χ1v) is 6.96. The number of nitrogens with zero attached hydrogens (tertiary/aromatic N) is 3. The van der Waals surface area contributed by atoms with Gasteiger partial charge in [-0.3, -0.25) is 14.5 Å². The van der Waals surface area contributed by atoms with Crippen LogP contribution in [0.25, 0.3) is 0 Å². The van der Waals surface area contributed by atoms with Crippen molar-refractivity contribution in [3.8, 4) is 0 Å². The van der Waals surface area contributed by atoms with Crippen molar-refractivity contribution in [2.24, 2.45) is 0 Å². The number of hydrogen-bond acceptors (Lipinski definition) is 5. The second-order valence-electron chi connectivity index (χ2n) is 5.22. The van der Waals surface area contributed by atoms with Crippen LogP contribution < -0.4 is 0 Å². The molecule has 1 atom stereocenters. The SMILES string of the molecule is COCCC1COCCN1C(=O)CN1C(=O)CN(C)C1=O. The van der Waals surface area contributed by atoms with Gasteiger partial charge in [-0.1, -0.05) is 0 Å². The van der Waals surface area contributed by atoms with Crippen molar-refractivity contribution in [3.63, 3.8) is 0 Å². The Kier molecular flexibility index (Phi) is 5.13. The van der Waals surface area contributed by atoms with Crippen LogP contribution in [0.3, 0.4) is 0 Å². The molecule has 0 aromatic rings. The van der Waals surface area contributed by atoms with Crippen LogP contribution in [0.1, 0.15) is 6.42 Å². The third-order valence-electron chi connectivity index (χ3n) is 3.73. The Labute approximate surface area is 123 Å². The third-order valence-corrected chi connectivity index (χ3v) is 3.73. The largest absolute Gasteiger partial charge is 0.385 e. The maximum Gasteiger partial charge on any atom is 0.327 e. The first-order chi connectivity index (χ1) is 10.0. The molecule has 0 radical (unpaired) electrons. The van der Waals surface area contributed by atoms with E-state index in [1.165, 1.54) is 4.90 Å². The molecular weight excluding hydrogens is 278 g/mol. The van der Waals surface area contributed by atoms with Gasteiger partial charge in [0.15, 0.2) is 0 Å². The van der Waals surface area contributed by atoms with Gasteiger partial charge < -0.3 is 19.3 Å². The molecule has 21 heavy (non-hydrogen) atoms. The number of urea groups is 1. The molecule has 0 bridgehead atoms. The van der Waals surface area contributed by atoms with Gasteiger partial charge in [0.2, 0.25) is 5.91 Å². The number of amides is 4. The van der Waals surface area contributed by atoms with Crippen LogP contribution in [-0.2, 0) is 19.1 Å². The Morgan fingerprint density at radius 1 is 1.43 bits per heavy atom. The van der Waals surface area contributed by atoms with Crippen molar-refractivity contribution in [3.05, 3.63) is 0 Å². The standard InChI is InChI=1S/C13H21N3O5/c1-14-7-11(17)16(13(14)19)8-12(18)15-4-6-21-9-10(15)3-5-20-2/h10H,3-9H2,1-2H3. The number of ether oxygens (including phenoxy) is 2. The number of likely N-dealkylation sites (N-methyl/N-ethyl adjacent to an activating group) is 1. The Balaban J connectivity index is 1.97. The molecule has 0 saturated carbocycles. The van der Waals surface area contributed by atoms with Crippen molar-refractivity contribution in [2.75, 3.05) is 53.6 Å². The van der Waals surface area contributed by atoms with E-state index >= 15 is 0 Å². The number of carbonyl (C=O) groups excluding carboxylic acids is 3. The van der Waals surface area contributed by atoms with Gasteiger partial charge >= 0.3 is 6.03 Å². The summed E-state index contributed by atoms with van der Waals surface area (Å²) in [6.45, 7) is 1.75. The van der Waals surface area contributed by atoms with Gasteiger partial charge in [-0.2, -0.15) is 0 Å². The summed E-state index contributed by atoms with van der Waals surface area (Å²) in [5, 5.41) is 0. The van der Waals surface area contributed by atoms with Crippen molar-refractivity contribution < 1.29 is 23.9 Å². The second kappa shape index (κ2) is 6.86. The highest BCUT2D eigenvalue weighted by atomic mass is 16.5. The van der Waals surface area contributed by atoms with E-state index in [4.69, 9.17) is 9.47 Å². The quantitative estimate of drug-likeness (QED) is 0.618. The Hall–Kier alpha value is -1.67. The van der Waals surface area contributed by atoms with Crippen LogP contribution in [0.4, 0.5) is 4.79 Å². The van der Waals surface area contributed by atoms with Crippen molar-refractivity contribution >= 4 is 17.8 Å². The normalized spacial score (nSPS) is 23.1. The van der Waals surface area contributed by atoms with Crippen LogP contribution in [0.5, 0.6) is 0 Å². The molecule has 8 nitrogen and oxygen atoms in total. The smallest absolute Gasteiger partial charge is 0.327 e. The lowest BCUT2D eigenvalue weighted by molar-refractivity contribution is -0.143. The lowest BCUT2D eigenvalue weighted by Crippen LogP contribution is -2.52. The zero-order chi connectivity index (χ0) is 15.4. The Morgan fingerprint density at radius 3 is 2.81 bits per heavy atom. The van der Waals surface area contributed by atoms with E-state index in [1.54, 1.807) is 19.1 Å². The van der Waals surface area contributed by atoms with Crippen molar-refractivity contribution in [1.82, 2.24) is 14.7 Å². The average Bonchev–Trinajstić information content (AvgIpc) is 2.72. The highest BCUT2D eigenvalue weighted by Gasteiger charge is 2.37. The molecule has 1 unspecified atom stereocenters. The highest BCUT2D eigenvalue weighted by molar-refractivity contribution is 6.04. The maximum absolute atomic E-state index is 12.4. The number of rotatable bonds is 5. The third kappa shape index (κ3) is 3.51. The van der Waals surface area contributed by atoms with Crippen LogP contribution >= 0.6 is 0 Å². The highest BCUT2D eigenvalue weighted by Crippen LogP contribution is 2.14. The minimum absolute atomic E-state index is 0.0301. The molecule has 8 heteroatoms. The fourth-order valence-electron chi connectivity index (χ4n) is 2.53. The average molecular weight is 299 g/mol. The molecule has 0 N–H and O–H groups in total. The molecule has 0 aliphatic carbocycles. The summed E-state index contributed by atoms with van der Waals surface area (Å²) >= 11 is 0. The number of methoxy groups -OCH3 is 1. The lowest BCUT2D eigenvalue weighted by Gasteiger charge is -2.36. The predicted molar refractivity (Wildman–Crippen MR) is 72.6 cm³/mol. The van der Waals surface area contributed by atoms with Crippen LogP contribution in [0.15, 0.2) is 0 Å². The van der Waals surface area contributed by atoms with Gasteiger partial charge in [-0.05, 0) is 6.42 Å². The van der Waals surface area contributed by atoms with Gasteiger partial charge in [0, 0.05) is 27.3 Å². The van der Waals surface area contributed by atoms with Gasteiger partial charge in [0.25, 0.3) is 5.91 Å². The minimum atomic E-state index is -0.421. The summed E-state index contributed by atoms with van der Waals surface area (Å²) in [4.78, 5) is 39.9. The predicted octanol–water partition coefficient (Wildman–Crippen LogP) is -0.856. The fourth-order valence-corrected chi connectivity index (χ4v) is 2.53. The fraction of sp³-hybridized carbons (Fsp3) is 0.769. The summed E-state index contributed by atoms with van der Waals surface area (Å²) in [7, 11) is 3.15. The van der Waals surface area contributed by atoms with E-state index < -0.39 is 6.03 Å². The maximum atomic E-state index is 12.4. The first kappa shape index (κ1) is 15.7. The number of hydrogen-bond donors (Lipinski definition) is 0. The molecule has 2 aliphatic heterocycles. The van der Waals surface area contributed by atoms with E-state index in [1.807, 2.05) is 0 Å². The number of imide groups is 1. The van der Waals surface area contributed by atoms with E-state index in [0.717, 1.165) is 4.90 Å². The first-order valence-electron chi connectivity index (χ1n) is 6.96. The molecule has 0 aromatic carbocycles. The van der Waals surface area contributed by atoms with Crippen molar-refractivity contribution in [2.45, 2.75) is 12.5 Å². The van der Waals surface area contributed by atoms with Crippen molar-refractivity contribution in [1.29, 1.82) is 0 Å². The zero-order valence-corrected chi connectivity index (χ0v) is 12.4. The van der Waals surface area contributed by atoms with Gasteiger partial charge in [-0.25, -0.2) is 4.79 Å². The Bertz CT molecular complexity index is 428. The molecule has 4 amide bonds. The van der Waals surface area contributed by atoms with E-state index in [9.17, 15) is 14.4 Å². The van der Waals surface area contributed by atoms with Crippen LogP contribution in [-0.4, -0.2) is 92.2 Å². The minimum Gasteiger partial charge on any atom is -0.385 e. The van der Waals surface area contributed by atoms with Gasteiger partial charge in [0.05, 0.1) is 19.3 Å². The molecule has 2 saturated heterocycles. The van der Waals surface area contributed by atoms with Gasteiger partial charge in [-0.15, -0.1) is 0 Å². The summed E-state index contributed by atoms with van der Waals surface area (Å²) < 4.78 is 10.4. The zero-order valence-electron chi connectivity index (χ0n) is 12.4. The summed E-state index contributed by atoms with van der Waals surface area (Å²) in [6, 6.07) is -0.494. The molecule has 2 heterocycles. The molecule has 2 fully saturated rings. The molecule has 118 valence electrons. The van der Waals surface area contributed by atoms with Gasteiger partial charge in [0.1, 0.15) is 13.1 Å². The summed E-state index contributed by atoms with van der Waals surface area (Å²) in [6.07, 6.45) is 0.671. The summed E-state index contributed by atoms with van der Waals surface area (Å²) in [5.74, 6) is -0.561. The Morgan fingerprint density at radius 2 is 2.19 bits per heavy atom. The lowest BCUT2D eigenvalue weighted by atomic mass is 10.1. The molecule has 2 rings (SSSR count). The molecule has 2 aliphatic rings. The second-order valence-corrected chi connectivity index (χ2v) is 5.22. The summed E-state index contributed by atoms with van der Waals surface area (Å²) in [5.41, 5.74) is 0. The molecular formula is C13H21N3O5. The monoisotopic (exact) mass is 299 g/mol. The van der Waals surface area contributed by atoms with Crippen LogP contribution in [0, 0.1) is 0 Å². The van der Waals surface area contributed by atoms with E-state index in [2.05, 4.69) is 0 Å². The van der Waals surface area contributed by atoms with E-state index in [0.29, 0.717) is 32.8 Å².